The molecule has 1 aromatic rings. The Morgan fingerprint density at radius 2 is 1.76 bits per heavy atom. The van der Waals surface area contributed by atoms with E-state index in [1.165, 1.54) is 6.20 Å². The highest BCUT2D eigenvalue weighted by Crippen LogP contribution is 2.29. The Labute approximate surface area is 103 Å². The lowest BCUT2D eigenvalue weighted by Gasteiger charge is -2.33. The van der Waals surface area contributed by atoms with Crippen molar-refractivity contribution in [2.45, 2.75) is 46.6 Å². The lowest BCUT2D eigenvalue weighted by molar-refractivity contribution is 0.302. The van der Waals surface area contributed by atoms with Crippen LogP contribution in [-0.2, 0) is 0 Å². The van der Waals surface area contributed by atoms with E-state index < -0.39 is 0 Å². The standard InChI is InChI=1S/C13H20N4/c1-12(2,3)9-13(4,5)17-11-10(8-14)15-6-7-16-11/h6-7H,9H2,1-5H3,(H,16,17). The molecule has 0 spiro atoms. The van der Waals surface area contributed by atoms with Crippen LogP contribution in [0.5, 0.6) is 0 Å². The molecule has 1 rings (SSSR count). The first-order valence-electron chi connectivity index (χ1n) is 5.73. The Kier molecular flexibility index (Phi) is 3.72. The molecule has 0 aromatic carbocycles. The van der Waals surface area contributed by atoms with Gasteiger partial charge in [0.05, 0.1) is 0 Å². The molecule has 0 atom stereocenters. The molecule has 1 heterocycles. The molecule has 0 unspecified atom stereocenters. The molecule has 0 amide bonds. The molecule has 0 aliphatic rings. The van der Waals surface area contributed by atoms with Crippen LogP contribution in [0.4, 0.5) is 5.82 Å². The predicted octanol–water partition coefficient (Wildman–Crippen LogP) is 2.97. The van der Waals surface area contributed by atoms with Gasteiger partial charge >= 0.3 is 0 Å². The third-order valence-corrected chi connectivity index (χ3v) is 2.23. The Balaban J connectivity index is 2.87. The SMILES string of the molecule is CC(C)(C)CC(C)(C)Nc1nccnc1C#N. The zero-order chi connectivity index (χ0) is 13.1. The van der Waals surface area contributed by atoms with Gasteiger partial charge in [-0.25, -0.2) is 9.97 Å². The average Bonchev–Trinajstić information content (AvgIpc) is 2.14. The third-order valence-electron chi connectivity index (χ3n) is 2.23. The van der Waals surface area contributed by atoms with Crippen LogP contribution < -0.4 is 5.32 Å². The monoisotopic (exact) mass is 232 g/mol. The zero-order valence-electron chi connectivity index (χ0n) is 11.2. The Morgan fingerprint density at radius 1 is 1.18 bits per heavy atom. The summed E-state index contributed by atoms with van der Waals surface area (Å²) in [7, 11) is 0. The normalized spacial score (nSPS) is 12.0. The summed E-state index contributed by atoms with van der Waals surface area (Å²) in [5, 5.41) is 12.3. The third kappa shape index (κ3) is 4.39. The fourth-order valence-corrected chi connectivity index (χ4v) is 2.20. The maximum atomic E-state index is 8.96. The van der Waals surface area contributed by atoms with Crippen molar-refractivity contribution < 1.29 is 0 Å². The van der Waals surface area contributed by atoms with Crippen molar-refractivity contribution in [1.29, 1.82) is 5.26 Å². The zero-order valence-corrected chi connectivity index (χ0v) is 11.2. The fraction of sp³-hybridized carbons (Fsp3) is 0.615. The molecule has 0 aliphatic heterocycles. The molecule has 0 fully saturated rings. The smallest absolute Gasteiger partial charge is 0.182 e. The number of rotatable bonds is 3. The molecule has 0 radical (unpaired) electrons. The quantitative estimate of drug-likeness (QED) is 0.870. The van der Waals surface area contributed by atoms with Crippen LogP contribution >= 0.6 is 0 Å². The molecule has 0 saturated heterocycles. The van der Waals surface area contributed by atoms with E-state index in [1.807, 2.05) is 6.07 Å². The first-order valence-corrected chi connectivity index (χ1v) is 5.73. The molecule has 0 aliphatic carbocycles. The van der Waals surface area contributed by atoms with Crippen LogP contribution in [0.1, 0.15) is 46.7 Å². The Hall–Kier alpha value is -1.63. The molecule has 4 heteroatoms. The van der Waals surface area contributed by atoms with E-state index in [0.717, 1.165) is 6.42 Å². The van der Waals surface area contributed by atoms with E-state index in [-0.39, 0.29) is 11.0 Å². The summed E-state index contributed by atoms with van der Waals surface area (Å²) in [6, 6.07) is 2.04. The first-order chi connectivity index (χ1) is 7.73. The lowest BCUT2D eigenvalue weighted by Crippen LogP contribution is -2.36. The fourth-order valence-electron chi connectivity index (χ4n) is 2.20. The minimum Gasteiger partial charge on any atom is -0.363 e. The molecule has 17 heavy (non-hydrogen) atoms. The van der Waals surface area contributed by atoms with E-state index >= 15 is 0 Å². The summed E-state index contributed by atoms with van der Waals surface area (Å²) in [5.74, 6) is 0.559. The number of nitriles is 1. The van der Waals surface area contributed by atoms with Gasteiger partial charge < -0.3 is 5.32 Å². The predicted molar refractivity (Wildman–Crippen MR) is 68.5 cm³/mol. The number of nitrogens with one attached hydrogen (secondary N) is 1. The van der Waals surface area contributed by atoms with Gasteiger partial charge in [-0.3, -0.25) is 0 Å². The van der Waals surface area contributed by atoms with Crippen molar-refractivity contribution in [3.05, 3.63) is 18.1 Å². The summed E-state index contributed by atoms with van der Waals surface area (Å²) in [6.45, 7) is 10.8. The number of hydrogen-bond donors (Lipinski definition) is 1. The summed E-state index contributed by atoms with van der Waals surface area (Å²) >= 11 is 0. The summed E-state index contributed by atoms with van der Waals surface area (Å²) in [6.07, 6.45) is 4.10. The maximum absolute atomic E-state index is 8.96. The van der Waals surface area contributed by atoms with Crippen LogP contribution in [0.2, 0.25) is 0 Å². The van der Waals surface area contributed by atoms with Crippen LogP contribution in [0, 0.1) is 16.7 Å². The number of anilines is 1. The molecular weight excluding hydrogens is 212 g/mol. The van der Waals surface area contributed by atoms with Gasteiger partial charge in [0.1, 0.15) is 6.07 Å². The van der Waals surface area contributed by atoms with Crippen molar-refractivity contribution >= 4 is 5.82 Å². The Morgan fingerprint density at radius 3 is 2.29 bits per heavy atom. The minimum atomic E-state index is -0.125. The van der Waals surface area contributed by atoms with Crippen LogP contribution in [0.25, 0.3) is 0 Å². The number of hydrogen-bond acceptors (Lipinski definition) is 4. The number of aromatic nitrogens is 2. The molecule has 0 saturated carbocycles. The summed E-state index contributed by atoms with van der Waals surface area (Å²) in [5.41, 5.74) is 0.431. The largest absolute Gasteiger partial charge is 0.363 e. The van der Waals surface area contributed by atoms with Crippen molar-refractivity contribution in [3.63, 3.8) is 0 Å². The molecular formula is C13H20N4. The topological polar surface area (TPSA) is 61.6 Å². The molecule has 92 valence electrons. The second-order valence-corrected chi connectivity index (χ2v) is 6.11. The van der Waals surface area contributed by atoms with Gasteiger partial charge in [-0.1, -0.05) is 20.8 Å². The van der Waals surface area contributed by atoms with E-state index in [9.17, 15) is 0 Å². The van der Waals surface area contributed by atoms with E-state index in [2.05, 4.69) is 49.9 Å². The summed E-state index contributed by atoms with van der Waals surface area (Å²) < 4.78 is 0. The number of nitrogens with zero attached hydrogens (tertiary/aromatic N) is 3. The van der Waals surface area contributed by atoms with Crippen LogP contribution in [-0.4, -0.2) is 15.5 Å². The van der Waals surface area contributed by atoms with E-state index in [0.29, 0.717) is 11.5 Å². The highest BCUT2D eigenvalue weighted by Gasteiger charge is 2.26. The van der Waals surface area contributed by atoms with Gasteiger partial charge in [-0.2, -0.15) is 5.26 Å². The van der Waals surface area contributed by atoms with Crippen LogP contribution in [0.15, 0.2) is 12.4 Å². The minimum absolute atomic E-state index is 0.125. The second kappa shape index (κ2) is 4.70. The highest BCUT2D eigenvalue weighted by atomic mass is 15.1. The first kappa shape index (κ1) is 13.4. The van der Waals surface area contributed by atoms with Crippen molar-refractivity contribution in [3.8, 4) is 6.07 Å². The molecule has 1 aromatic heterocycles. The average molecular weight is 232 g/mol. The molecule has 1 N–H and O–H groups in total. The van der Waals surface area contributed by atoms with Gasteiger partial charge in [0.25, 0.3) is 0 Å². The van der Waals surface area contributed by atoms with Gasteiger partial charge in [0.2, 0.25) is 0 Å². The second-order valence-electron chi connectivity index (χ2n) is 6.11. The molecule has 0 bridgehead atoms. The van der Waals surface area contributed by atoms with Crippen molar-refractivity contribution in [1.82, 2.24) is 9.97 Å². The summed E-state index contributed by atoms with van der Waals surface area (Å²) in [4.78, 5) is 8.16. The molecule has 4 nitrogen and oxygen atoms in total. The Bertz CT molecular complexity index is 424. The maximum Gasteiger partial charge on any atom is 0.182 e. The van der Waals surface area contributed by atoms with Crippen LogP contribution in [0.3, 0.4) is 0 Å². The van der Waals surface area contributed by atoms with Gasteiger partial charge in [0, 0.05) is 17.9 Å². The van der Waals surface area contributed by atoms with Gasteiger partial charge in [0.15, 0.2) is 11.5 Å². The van der Waals surface area contributed by atoms with E-state index in [4.69, 9.17) is 5.26 Å². The highest BCUT2D eigenvalue weighted by molar-refractivity contribution is 5.48. The van der Waals surface area contributed by atoms with Gasteiger partial charge in [-0.15, -0.1) is 0 Å². The van der Waals surface area contributed by atoms with Gasteiger partial charge in [-0.05, 0) is 25.7 Å². The van der Waals surface area contributed by atoms with Crippen molar-refractivity contribution in [2.75, 3.05) is 5.32 Å². The van der Waals surface area contributed by atoms with E-state index in [1.54, 1.807) is 6.20 Å². The lowest BCUT2D eigenvalue weighted by atomic mass is 9.82. The van der Waals surface area contributed by atoms with Crippen molar-refractivity contribution in [2.24, 2.45) is 5.41 Å².